The lowest BCUT2D eigenvalue weighted by molar-refractivity contribution is -0.119. The van der Waals surface area contributed by atoms with E-state index >= 15 is 0 Å². The molecule has 5 nitrogen and oxygen atoms in total. The van der Waals surface area contributed by atoms with Crippen LogP contribution in [0.2, 0.25) is 0 Å². The first-order chi connectivity index (χ1) is 15.0. The highest BCUT2D eigenvalue weighted by molar-refractivity contribution is 7.80. The molecular formula is C25H25N3O2S. The average Bonchev–Trinajstić information content (AvgIpc) is 2.75. The molecule has 3 aromatic carbocycles. The molecule has 0 saturated carbocycles. The number of rotatable bonds is 7. The van der Waals surface area contributed by atoms with Gasteiger partial charge in [-0.25, -0.2) is 0 Å². The molecule has 0 heterocycles. The zero-order valence-electron chi connectivity index (χ0n) is 17.4. The summed E-state index contributed by atoms with van der Waals surface area (Å²) >= 11 is 5.26. The highest BCUT2D eigenvalue weighted by Crippen LogP contribution is 2.16. The Labute approximate surface area is 187 Å². The molecule has 3 rings (SSSR count). The van der Waals surface area contributed by atoms with Crippen molar-refractivity contribution in [1.82, 2.24) is 5.32 Å². The van der Waals surface area contributed by atoms with E-state index in [9.17, 15) is 9.59 Å². The van der Waals surface area contributed by atoms with Crippen LogP contribution in [0.15, 0.2) is 78.9 Å². The zero-order chi connectivity index (χ0) is 22.1. The summed E-state index contributed by atoms with van der Waals surface area (Å²) in [4.78, 5) is 24.5. The van der Waals surface area contributed by atoms with Gasteiger partial charge in [0, 0.05) is 17.8 Å². The Morgan fingerprint density at radius 2 is 1.48 bits per heavy atom. The molecule has 3 aromatic rings. The molecule has 0 bridgehead atoms. The summed E-state index contributed by atoms with van der Waals surface area (Å²) in [5.74, 6) is -0.243. The number of hydrogen-bond donors (Lipinski definition) is 3. The maximum Gasteiger partial charge on any atom is 0.230 e. The SMILES string of the molecule is Cc1ccccc1CC(=O)NC(=S)Nc1cccc(NC(=O)CCc2ccccc2)c1. The summed E-state index contributed by atoms with van der Waals surface area (Å²) < 4.78 is 0. The van der Waals surface area contributed by atoms with E-state index in [1.165, 1.54) is 0 Å². The molecule has 0 aliphatic rings. The number of aryl methyl sites for hydroxylation is 2. The van der Waals surface area contributed by atoms with Crippen LogP contribution >= 0.6 is 12.2 Å². The van der Waals surface area contributed by atoms with E-state index in [0.29, 0.717) is 24.2 Å². The summed E-state index contributed by atoms with van der Waals surface area (Å²) in [7, 11) is 0. The molecule has 0 radical (unpaired) electrons. The smallest absolute Gasteiger partial charge is 0.230 e. The number of hydrogen-bond acceptors (Lipinski definition) is 3. The predicted octanol–water partition coefficient (Wildman–Crippen LogP) is 4.62. The molecule has 0 aromatic heterocycles. The quantitative estimate of drug-likeness (QED) is 0.478. The monoisotopic (exact) mass is 431 g/mol. The van der Waals surface area contributed by atoms with E-state index in [2.05, 4.69) is 16.0 Å². The van der Waals surface area contributed by atoms with E-state index in [4.69, 9.17) is 12.2 Å². The second kappa shape index (κ2) is 11.0. The Morgan fingerprint density at radius 1 is 0.806 bits per heavy atom. The van der Waals surface area contributed by atoms with Crippen molar-refractivity contribution >= 4 is 40.5 Å². The minimum atomic E-state index is -0.183. The van der Waals surface area contributed by atoms with Gasteiger partial charge in [-0.15, -0.1) is 0 Å². The van der Waals surface area contributed by atoms with Crippen LogP contribution in [0.4, 0.5) is 11.4 Å². The normalized spacial score (nSPS) is 10.2. The Balaban J connectivity index is 1.49. The minimum Gasteiger partial charge on any atom is -0.332 e. The molecule has 0 saturated heterocycles. The van der Waals surface area contributed by atoms with Crippen molar-refractivity contribution in [3.05, 3.63) is 95.6 Å². The summed E-state index contributed by atoms with van der Waals surface area (Å²) in [5.41, 5.74) is 4.49. The number of amides is 2. The molecule has 0 aliphatic heterocycles. The number of carbonyl (C=O) groups is 2. The van der Waals surface area contributed by atoms with Crippen LogP contribution in [0.5, 0.6) is 0 Å². The van der Waals surface area contributed by atoms with Crippen molar-refractivity contribution in [2.45, 2.75) is 26.2 Å². The summed E-state index contributed by atoms with van der Waals surface area (Å²) in [5, 5.41) is 8.80. The number of carbonyl (C=O) groups excluding carboxylic acids is 2. The molecule has 3 N–H and O–H groups in total. The van der Waals surface area contributed by atoms with Crippen LogP contribution in [0, 0.1) is 6.92 Å². The molecule has 0 unspecified atom stereocenters. The van der Waals surface area contributed by atoms with Crippen LogP contribution in [-0.2, 0) is 22.4 Å². The van der Waals surface area contributed by atoms with Crippen molar-refractivity contribution in [2.75, 3.05) is 10.6 Å². The zero-order valence-corrected chi connectivity index (χ0v) is 18.2. The van der Waals surface area contributed by atoms with Crippen LogP contribution < -0.4 is 16.0 Å². The van der Waals surface area contributed by atoms with Crippen molar-refractivity contribution < 1.29 is 9.59 Å². The lowest BCUT2D eigenvalue weighted by atomic mass is 10.1. The molecule has 0 atom stereocenters. The summed E-state index contributed by atoms with van der Waals surface area (Å²) in [6, 6.07) is 24.9. The minimum absolute atomic E-state index is 0.0601. The third-order valence-corrected chi connectivity index (χ3v) is 4.96. The maximum atomic E-state index is 12.3. The second-order valence-electron chi connectivity index (χ2n) is 7.22. The lowest BCUT2D eigenvalue weighted by Crippen LogP contribution is -2.35. The Kier molecular flexibility index (Phi) is 7.90. The van der Waals surface area contributed by atoms with Crippen molar-refractivity contribution in [3.8, 4) is 0 Å². The van der Waals surface area contributed by atoms with Gasteiger partial charge in [-0.3, -0.25) is 9.59 Å². The summed E-state index contributed by atoms with van der Waals surface area (Å²) in [6.45, 7) is 1.97. The third kappa shape index (κ3) is 7.35. The topological polar surface area (TPSA) is 70.2 Å². The Hall–Kier alpha value is -3.51. The molecule has 158 valence electrons. The van der Waals surface area contributed by atoms with Crippen LogP contribution in [0.25, 0.3) is 0 Å². The van der Waals surface area contributed by atoms with E-state index in [1.807, 2.05) is 79.7 Å². The molecular weight excluding hydrogens is 406 g/mol. The van der Waals surface area contributed by atoms with Gasteiger partial charge in [-0.05, 0) is 60.5 Å². The van der Waals surface area contributed by atoms with Crippen molar-refractivity contribution in [3.63, 3.8) is 0 Å². The Bertz CT molecular complexity index is 1070. The predicted molar refractivity (Wildman–Crippen MR) is 129 cm³/mol. The van der Waals surface area contributed by atoms with Gasteiger partial charge < -0.3 is 16.0 Å². The van der Waals surface area contributed by atoms with E-state index in [-0.39, 0.29) is 23.3 Å². The fraction of sp³-hybridized carbons (Fsp3) is 0.160. The van der Waals surface area contributed by atoms with Gasteiger partial charge in [0.1, 0.15) is 0 Å². The lowest BCUT2D eigenvalue weighted by Gasteiger charge is -2.12. The van der Waals surface area contributed by atoms with E-state index in [0.717, 1.165) is 16.7 Å². The first-order valence-electron chi connectivity index (χ1n) is 10.1. The fourth-order valence-electron chi connectivity index (χ4n) is 3.12. The van der Waals surface area contributed by atoms with Gasteiger partial charge in [-0.2, -0.15) is 0 Å². The number of anilines is 2. The van der Waals surface area contributed by atoms with Crippen molar-refractivity contribution in [2.24, 2.45) is 0 Å². The molecule has 2 amide bonds. The number of thiocarbonyl (C=S) groups is 1. The van der Waals surface area contributed by atoms with E-state index < -0.39 is 0 Å². The highest BCUT2D eigenvalue weighted by atomic mass is 32.1. The molecule has 0 fully saturated rings. The van der Waals surface area contributed by atoms with Crippen LogP contribution in [0.1, 0.15) is 23.1 Å². The highest BCUT2D eigenvalue weighted by Gasteiger charge is 2.09. The summed E-state index contributed by atoms with van der Waals surface area (Å²) in [6.07, 6.45) is 1.34. The van der Waals surface area contributed by atoms with Gasteiger partial charge in [0.25, 0.3) is 0 Å². The fourth-order valence-corrected chi connectivity index (χ4v) is 3.35. The molecule has 31 heavy (non-hydrogen) atoms. The van der Waals surface area contributed by atoms with Crippen molar-refractivity contribution in [1.29, 1.82) is 0 Å². The third-order valence-electron chi connectivity index (χ3n) is 4.75. The standard InChI is InChI=1S/C25H25N3O2S/c1-18-8-5-6-11-20(18)16-24(30)28-25(31)27-22-13-7-12-21(17-22)26-23(29)15-14-19-9-3-2-4-10-19/h2-13,17H,14-16H2,1H3,(H,26,29)(H2,27,28,30,31). The van der Waals surface area contributed by atoms with Gasteiger partial charge in [0.2, 0.25) is 11.8 Å². The maximum absolute atomic E-state index is 12.3. The van der Waals surface area contributed by atoms with E-state index in [1.54, 1.807) is 6.07 Å². The molecule has 0 aliphatic carbocycles. The van der Waals surface area contributed by atoms with Gasteiger partial charge in [0.15, 0.2) is 5.11 Å². The van der Waals surface area contributed by atoms with Gasteiger partial charge in [0.05, 0.1) is 6.42 Å². The van der Waals surface area contributed by atoms with Crippen LogP contribution in [0.3, 0.4) is 0 Å². The molecule has 6 heteroatoms. The second-order valence-corrected chi connectivity index (χ2v) is 7.63. The first kappa shape index (κ1) is 22.2. The van der Waals surface area contributed by atoms with Gasteiger partial charge >= 0.3 is 0 Å². The molecule has 0 spiro atoms. The largest absolute Gasteiger partial charge is 0.332 e. The Morgan fingerprint density at radius 3 is 2.23 bits per heavy atom. The van der Waals surface area contributed by atoms with Crippen LogP contribution in [-0.4, -0.2) is 16.9 Å². The average molecular weight is 432 g/mol. The number of benzene rings is 3. The van der Waals surface area contributed by atoms with Gasteiger partial charge in [-0.1, -0.05) is 60.7 Å². The number of nitrogens with one attached hydrogen (secondary N) is 3. The first-order valence-corrected chi connectivity index (χ1v) is 10.5.